The molecule has 0 aliphatic carbocycles. The summed E-state index contributed by atoms with van der Waals surface area (Å²) in [6, 6.07) is 6.78. The second-order valence-electron chi connectivity index (χ2n) is 7.89. The molecule has 0 atom stereocenters. The molecule has 1 amide bonds. The maximum absolute atomic E-state index is 14.5. The summed E-state index contributed by atoms with van der Waals surface area (Å²) in [5, 5.41) is 6.95. The maximum Gasteiger partial charge on any atom is 0.207 e. The zero-order chi connectivity index (χ0) is 22.6. The molecule has 10 heteroatoms. The predicted octanol–water partition coefficient (Wildman–Crippen LogP) is 2.21. The van der Waals surface area contributed by atoms with Crippen molar-refractivity contribution in [1.82, 2.24) is 34.9 Å². The van der Waals surface area contributed by atoms with Crippen molar-refractivity contribution in [2.24, 2.45) is 0 Å². The minimum absolute atomic E-state index is 0.144. The number of halogens is 1. The molecule has 2 N–H and O–H groups in total. The lowest BCUT2D eigenvalue weighted by Gasteiger charge is -2.26. The lowest BCUT2D eigenvalue weighted by atomic mass is 10.0. The number of amides is 1. The Balaban J connectivity index is 1.37. The van der Waals surface area contributed by atoms with E-state index in [1.807, 2.05) is 23.0 Å². The van der Waals surface area contributed by atoms with Gasteiger partial charge in [0.2, 0.25) is 6.41 Å². The van der Waals surface area contributed by atoms with Gasteiger partial charge in [-0.15, -0.1) is 0 Å². The van der Waals surface area contributed by atoms with Crippen LogP contribution in [0.4, 0.5) is 4.39 Å². The number of pyridine rings is 1. The van der Waals surface area contributed by atoms with E-state index in [9.17, 15) is 9.18 Å². The number of benzene rings is 1. The molecule has 1 aliphatic rings. The topological polar surface area (TPSA) is 101 Å². The Labute approximate surface area is 189 Å². The summed E-state index contributed by atoms with van der Waals surface area (Å²) in [6.07, 6.45) is 5.96. The molecule has 0 saturated carbocycles. The summed E-state index contributed by atoms with van der Waals surface area (Å²) in [7, 11) is 0. The van der Waals surface area contributed by atoms with Gasteiger partial charge in [-0.3, -0.25) is 14.4 Å². The third-order valence-electron chi connectivity index (χ3n) is 5.79. The van der Waals surface area contributed by atoms with Gasteiger partial charge < -0.3 is 15.0 Å². The van der Waals surface area contributed by atoms with E-state index in [1.165, 1.54) is 6.07 Å². The first-order valence-corrected chi connectivity index (χ1v) is 10.8. The average Bonchev–Trinajstić information content (AvgIpc) is 3.49. The van der Waals surface area contributed by atoms with Crippen molar-refractivity contribution in [2.75, 3.05) is 32.8 Å². The molecule has 5 rings (SSSR count). The van der Waals surface area contributed by atoms with Crippen LogP contribution >= 0.6 is 0 Å². The van der Waals surface area contributed by atoms with Crippen molar-refractivity contribution in [3.8, 4) is 22.5 Å². The lowest BCUT2D eigenvalue weighted by molar-refractivity contribution is -0.109. The molecule has 3 aromatic heterocycles. The van der Waals surface area contributed by atoms with Crippen molar-refractivity contribution in [3.63, 3.8) is 0 Å². The molecule has 33 heavy (non-hydrogen) atoms. The highest BCUT2D eigenvalue weighted by molar-refractivity contribution is 5.91. The van der Waals surface area contributed by atoms with Crippen LogP contribution in [0.1, 0.15) is 5.56 Å². The van der Waals surface area contributed by atoms with Gasteiger partial charge in [0.15, 0.2) is 5.65 Å². The van der Waals surface area contributed by atoms with Gasteiger partial charge in [0, 0.05) is 49.7 Å². The molecular formula is C23H24FN7O2. The number of fused-ring (bicyclic) bond motifs is 1. The Morgan fingerprint density at radius 1 is 1.18 bits per heavy atom. The van der Waals surface area contributed by atoms with E-state index in [0.717, 1.165) is 56.0 Å². The minimum Gasteiger partial charge on any atom is -0.379 e. The van der Waals surface area contributed by atoms with Gasteiger partial charge in [-0.05, 0) is 17.7 Å². The molecule has 1 aliphatic heterocycles. The average molecular weight is 449 g/mol. The van der Waals surface area contributed by atoms with Crippen molar-refractivity contribution >= 4 is 17.6 Å². The van der Waals surface area contributed by atoms with E-state index >= 15 is 0 Å². The van der Waals surface area contributed by atoms with Gasteiger partial charge in [0.1, 0.15) is 11.6 Å². The SMILES string of the molecule is O=CNCc1ccc(-c2ccnc3nc(-c4cnn(CCN5CCOCC5)c4)[nH]c23)cc1F. The Morgan fingerprint density at radius 3 is 2.88 bits per heavy atom. The molecule has 0 bridgehead atoms. The largest absolute Gasteiger partial charge is 0.379 e. The summed E-state index contributed by atoms with van der Waals surface area (Å²) < 4.78 is 21.8. The van der Waals surface area contributed by atoms with Crippen LogP contribution in [0.3, 0.4) is 0 Å². The Morgan fingerprint density at radius 2 is 2.06 bits per heavy atom. The van der Waals surface area contributed by atoms with Crippen LogP contribution in [0.2, 0.25) is 0 Å². The van der Waals surface area contributed by atoms with Crippen LogP contribution in [-0.2, 0) is 22.6 Å². The number of hydrogen-bond acceptors (Lipinski definition) is 6. The molecule has 170 valence electrons. The van der Waals surface area contributed by atoms with Crippen LogP contribution in [-0.4, -0.2) is 68.9 Å². The summed E-state index contributed by atoms with van der Waals surface area (Å²) >= 11 is 0. The number of H-pyrrole nitrogens is 1. The quantitative estimate of drug-likeness (QED) is 0.400. The first kappa shape index (κ1) is 21.2. The second kappa shape index (κ2) is 9.47. The molecule has 1 saturated heterocycles. The second-order valence-corrected chi connectivity index (χ2v) is 7.89. The van der Waals surface area contributed by atoms with E-state index in [1.54, 1.807) is 18.5 Å². The molecule has 9 nitrogen and oxygen atoms in total. The van der Waals surface area contributed by atoms with Crippen molar-refractivity contribution in [3.05, 3.63) is 54.2 Å². The Kier molecular flexibility index (Phi) is 6.09. The summed E-state index contributed by atoms with van der Waals surface area (Å²) in [5.41, 5.74) is 4.06. The van der Waals surface area contributed by atoms with Crippen molar-refractivity contribution in [1.29, 1.82) is 0 Å². The number of nitrogens with zero attached hydrogens (tertiary/aromatic N) is 5. The standard InChI is InChI=1S/C23H24FN7O2/c24-20-11-16(1-2-17(20)12-25-15-32)19-3-4-26-23-21(19)28-22(29-23)18-13-27-31(14-18)6-5-30-7-9-33-10-8-30/h1-4,11,13-15H,5-10,12H2,(H,25,32)(H,26,28,29). The van der Waals surface area contributed by atoms with E-state index < -0.39 is 0 Å². The number of rotatable bonds is 8. The molecule has 0 radical (unpaired) electrons. The van der Waals surface area contributed by atoms with Gasteiger partial charge >= 0.3 is 0 Å². The van der Waals surface area contributed by atoms with Gasteiger partial charge in [-0.25, -0.2) is 14.4 Å². The molecule has 1 aromatic carbocycles. The zero-order valence-electron chi connectivity index (χ0n) is 18.0. The summed E-state index contributed by atoms with van der Waals surface area (Å²) in [5.74, 6) is 0.281. The number of morpholine rings is 1. The molecular weight excluding hydrogens is 425 g/mol. The fourth-order valence-electron chi connectivity index (χ4n) is 3.97. The number of carbonyl (C=O) groups excluding carboxylic acids is 1. The molecule has 4 aromatic rings. The number of aromatic amines is 1. The first-order valence-electron chi connectivity index (χ1n) is 10.8. The smallest absolute Gasteiger partial charge is 0.207 e. The normalized spacial score (nSPS) is 14.6. The first-order chi connectivity index (χ1) is 16.2. The predicted molar refractivity (Wildman–Crippen MR) is 121 cm³/mol. The van der Waals surface area contributed by atoms with Gasteiger partial charge in [-0.1, -0.05) is 12.1 Å². The molecule has 4 heterocycles. The fraction of sp³-hybridized carbons (Fsp3) is 0.304. The minimum atomic E-state index is -0.381. The highest BCUT2D eigenvalue weighted by Crippen LogP contribution is 2.29. The van der Waals surface area contributed by atoms with Crippen molar-refractivity contribution in [2.45, 2.75) is 13.1 Å². The number of imidazole rings is 1. The van der Waals surface area contributed by atoms with E-state index in [4.69, 9.17) is 4.74 Å². The molecule has 0 unspecified atom stereocenters. The maximum atomic E-state index is 14.5. The van der Waals surface area contributed by atoms with E-state index in [2.05, 4.69) is 30.3 Å². The van der Waals surface area contributed by atoms with Gasteiger partial charge in [0.25, 0.3) is 0 Å². The Hall–Kier alpha value is -3.63. The fourth-order valence-corrected chi connectivity index (χ4v) is 3.97. The zero-order valence-corrected chi connectivity index (χ0v) is 18.0. The molecule has 1 fully saturated rings. The van der Waals surface area contributed by atoms with Crippen molar-refractivity contribution < 1.29 is 13.9 Å². The van der Waals surface area contributed by atoms with E-state index in [0.29, 0.717) is 29.0 Å². The third kappa shape index (κ3) is 4.62. The highest BCUT2D eigenvalue weighted by Gasteiger charge is 2.15. The Bertz CT molecular complexity index is 1260. The third-order valence-corrected chi connectivity index (χ3v) is 5.79. The van der Waals surface area contributed by atoms with Crippen LogP contribution in [0.5, 0.6) is 0 Å². The lowest BCUT2D eigenvalue weighted by Crippen LogP contribution is -2.38. The van der Waals surface area contributed by atoms with Crippen LogP contribution in [0.25, 0.3) is 33.7 Å². The van der Waals surface area contributed by atoms with Crippen LogP contribution in [0.15, 0.2) is 42.9 Å². The van der Waals surface area contributed by atoms with Gasteiger partial charge in [-0.2, -0.15) is 5.10 Å². The van der Waals surface area contributed by atoms with E-state index in [-0.39, 0.29) is 12.4 Å². The number of aromatic nitrogens is 5. The van der Waals surface area contributed by atoms with Crippen LogP contribution < -0.4 is 5.32 Å². The number of ether oxygens (including phenoxy) is 1. The number of hydrogen-bond donors (Lipinski definition) is 2. The summed E-state index contributed by atoms with van der Waals surface area (Å²) in [6.45, 7) is 5.30. The molecule has 0 spiro atoms. The van der Waals surface area contributed by atoms with Gasteiger partial charge in [0.05, 0.1) is 37.0 Å². The summed E-state index contributed by atoms with van der Waals surface area (Å²) in [4.78, 5) is 25.2. The monoisotopic (exact) mass is 449 g/mol. The number of carbonyl (C=O) groups is 1. The van der Waals surface area contributed by atoms with Crippen LogP contribution in [0, 0.1) is 5.82 Å². The highest BCUT2D eigenvalue weighted by atomic mass is 19.1. The number of nitrogens with one attached hydrogen (secondary N) is 2.